The number of nitrogens with zero attached hydrogens (tertiary/aromatic N) is 1. The van der Waals surface area contributed by atoms with Crippen molar-refractivity contribution in [3.63, 3.8) is 0 Å². The molecule has 0 aliphatic rings. The molecule has 0 atom stereocenters. The van der Waals surface area contributed by atoms with Gasteiger partial charge in [0.2, 0.25) is 0 Å². The number of thiazole rings is 1. The second kappa shape index (κ2) is 7.86. The maximum absolute atomic E-state index is 12.5. The predicted molar refractivity (Wildman–Crippen MR) is 114 cm³/mol. The number of thiophene rings is 1. The number of anilines is 1. The van der Waals surface area contributed by atoms with E-state index in [1.807, 2.05) is 48.7 Å². The van der Waals surface area contributed by atoms with Crippen molar-refractivity contribution in [3.8, 4) is 10.4 Å². The molecule has 0 aliphatic carbocycles. The largest absolute Gasteiger partial charge is 0.297 e. The standard InChI is InChI=1S/C22H18N2OS2/c1-15-7-9-16(10-8-15)13-18-14-23-22(26-18)24-21(25)20-12-11-19(27-20)17-5-3-2-4-6-17/h2-12,14H,13H2,1H3,(H,23,24,25). The highest BCUT2D eigenvalue weighted by Crippen LogP contribution is 2.29. The van der Waals surface area contributed by atoms with Crippen molar-refractivity contribution in [3.05, 3.63) is 93.8 Å². The molecular formula is C22H18N2OS2. The average molecular weight is 391 g/mol. The molecule has 0 fully saturated rings. The van der Waals surface area contributed by atoms with Crippen molar-refractivity contribution < 1.29 is 4.79 Å². The summed E-state index contributed by atoms with van der Waals surface area (Å²) >= 11 is 3.01. The number of benzene rings is 2. The van der Waals surface area contributed by atoms with E-state index in [2.05, 4.69) is 41.5 Å². The Kier molecular flexibility index (Phi) is 5.14. The van der Waals surface area contributed by atoms with Crippen molar-refractivity contribution >= 4 is 33.7 Å². The van der Waals surface area contributed by atoms with E-state index in [9.17, 15) is 4.79 Å². The molecule has 0 bridgehead atoms. The number of carbonyl (C=O) groups excluding carboxylic acids is 1. The van der Waals surface area contributed by atoms with Crippen LogP contribution in [0.25, 0.3) is 10.4 Å². The Morgan fingerprint density at radius 1 is 0.963 bits per heavy atom. The van der Waals surface area contributed by atoms with Crippen LogP contribution in [-0.4, -0.2) is 10.9 Å². The van der Waals surface area contributed by atoms with Gasteiger partial charge in [0.15, 0.2) is 5.13 Å². The third-order valence-corrected chi connectivity index (χ3v) is 6.21. The zero-order valence-corrected chi connectivity index (χ0v) is 16.4. The lowest BCUT2D eigenvalue weighted by Crippen LogP contribution is -2.09. The molecule has 4 aromatic rings. The zero-order valence-electron chi connectivity index (χ0n) is 14.8. The molecule has 0 aliphatic heterocycles. The molecule has 4 rings (SSSR count). The van der Waals surface area contributed by atoms with E-state index in [1.165, 1.54) is 33.8 Å². The predicted octanol–water partition coefficient (Wildman–Crippen LogP) is 6.02. The van der Waals surface area contributed by atoms with Crippen LogP contribution in [-0.2, 0) is 6.42 Å². The molecule has 2 aromatic carbocycles. The molecule has 5 heteroatoms. The summed E-state index contributed by atoms with van der Waals surface area (Å²) in [5, 5.41) is 3.55. The second-order valence-corrected chi connectivity index (χ2v) is 8.48. The summed E-state index contributed by atoms with van der Waals surface area (Å²) in [5.74, 6) is -0.113. The van der Waals surface area contributed by atoms with E-state index in [1.54, 1.807) is 0 Å². The molecule has 0 spiro atoms. The maximum atomic E-state index is 12.5. The first kappa shape index (κ1) is 17.6. The van der Waals surface area contributed by atoms with Gasteiger partial charge in [-0.15, -0.1) is 22.7 Å². The number of hydrogen-bond donors (Lipinski definition) is 1. The van der Waals surface area contributed by atoms with Gasteiger partial charge in [-0.05, 0) is 30.2 Å². The second-order valence-electron chi connectivity index (χ2n) is 6.28. The van der Waals surface area contributed by atoms with Crippen LogP contribution in [0.1, 0.15) is 25.7 Å². The summed E-state index contributed by atoms with van der Waals surface area (Å²) in [6, 6.07) is 22.4. The van der Waals surface area contributed by atoms with Crippen molar-refractivity contribution in [2.45, 2.75) is 13.3 Å². The first-order valence-electron chi connectivity index (χ1n) is 8.64. The smallest absolute Gasteiger partial charge is 0.267 e. The van der Waals surface area contributed by atoms with Gasteiger partial charge in [-0.1, -0.05) is 60.2 Å². The highest BCUT2D eigenvalue weighted by atomic mass is 32.1. The van der Waals surface area contributed by atoms with Crippen LogP contribution >= 0.6 is 22.7 Å². The lowest BCUT2D eigenvalue weighted by atomic mass is 10.1. The number of nitrogens with one attached hydrogen (secondary N) is 1. The molecule has 0 unspecified atom stereocenters. The fourth-order valence-corrected chi connectivity index (χ4v) is 4.48. The summed E-state index contributed by atoms with van der Waals surface area (Å²) in [7, 11) is 0. The SMILES string of the molecule is Cc1ccc(Cc2cnc(NC(=O)c3ccc(-c4ccccc4)s3)s2)cc1. The molecule has 1 N–H and O–H groups in total. The molecule has 2 heterocycles. The number of carbonyl (C=O) groups is 1. The van der Waals surface area contributed by atoms with Crippen LogP contribution in [0.2, 0.25) is 0 Å². The summed E-state index contributed by atoms with van der Waals surface area (Å²) in [4.78, 5) is 19.8. The van der Waals surface area contributed by atoms with Crippen LogP contribution in [0, 0.1) is 6.92 Å². The van der Waals surface area contributed by atoms with Gasteiger partial charge in [-0.3, -0.25) is 10.1 Å². The Bertz CT molecular complexity index is 1050. The fraction of sp³-hybridized carbons (Fsp3) is 0.0909. The van der Waals surface area contributed by atoms with Crippen molar-refractivity contribution in [2.24, 2.45) is 0 Å². The molecule has 0 saturated carbocycles. The van der Waals surface area contributed by atoms with E-state index in [0.717, 1.165) is 21.7 Å². The van der Waals surface area contributed by atoms with Gasteiger partial charge in [0.05, 0.1) is 4.88 Å². The lowest BCUT2D eigenvalue weighted by molar-refractivity contribution is 0.103. The first-order chi connectivity index (χ1) is 13.2. The van der Waals surface area contributed by atoms with E-state index in [0.29, 0.717) is 10.0 Å². The van der Waals surface area contributed by atoms with Gasteiger partial charge in [0, 0.05) is 22.4 Å². The Hall–Kier alpha value is -2.76. The number of aromatic nitrogens is 1. The van der Waals surface area contributed by atoms with Crippen LogP contribution in [0.3, 0.4) is 0 Å². The van der Waals surface area contributed by atoms with Crippen LogP contribution in [0.4, 0.5) is 5.13 Å². The van der Waals surface area contributed by atoms with E-state index in [4.69, 9.17) is 0 Å². The normalized spacial score (nSPS) is 10.7. The highest BCUT2D eigenvalue weighted by molar-refractivity contribution is 7.18. The number of hydrogen-bond acceptors (Lipinski definition) is 4. The van der Waals surface area contributed by atoms with Crippen LogP contribution in [0.15, 0.2) is 72.9 Å². The summed E-state index contributed by atoms with van der Waals surface area (Å²) in [6.45, 7) is 2.08. The van der Waals surface area contributed by atoms with Gasteiger partial charge in [-0.25, -0.2) is 4.98 Å². The van der Waals surface area contributed by atoms with Gasteiger partial charge in [-0.2, -0.15) is 0 Å². The Morgan fingerprint density at radius 3 is 2.52 bits per heavy atom. The molecule has 1 amide bonds. The van der Waals surface area contributed by atoms with Gasteiger partial charge in [0.25, 0.3) is 5.91 Å². The lowest BCUT2D eigenvalue weighted by Gasteiger charge is -2.00. The number of rotatable bonds is 5. The Balaban J connectivity index is 1.42. The van der Waals surface area contributed by atoms with Gasteiger partial charge in [0.1, 0.15) is 0 Å². The molecule has 3 nitrogen and oxygen atoms in total. The van der Waals surface area contributed by atoms with E-state index < -0.39 is 0 Å². The molecule has 134 valence electrons. The maximum Gasteiger partial charge on any atom is 0.267 e. The zero-order chi connectivity index (χ0) is 18.6. The third-order valence-electron chi connectivity index (χ3n) is 4.16. The molecular weight excluding hydrogens is 372 g/mol. The molecule has 27 heavy (non-hydrogen) atoms. The molecule has 2 aromatic heterocycles. The highest BCUT2D eigenvalue weighted by Gasteiger charge is 2.12. The summed E-state index contributed by atoms with van der Waals surface area (Å²) in [5.41, 5.74) is 3.62. The Labute approximate surface area is 166 Å². The number of amides is 1. The van der Waals surface area contributed by atoms with E-state index >= 15 is 0 Å². The van der Waals surface area contributed by atoms with Crippen molar-refractivity contribution in [2.75, 3.05) is 5.32 Å². The quantitative estimate of drug-likeness (QED) is 0.452. The first-order valence-corrected chi connectivity index (χ1v) is 10.3. The molecule has 0 radical (unpaired) electrons. The minimum Gasteiger partial charge on any atom is -0.297 e. The topological polar surface area (TPSA) is 42.0 Å². The fourth-order valence-electron chi connectivity index (χ4n) is 2.73. The monoisotopic (exact) mass is 390 g/mol. The Morgan fingerprint density at radius 2 is 1.74 bits per heavy atom. The van der Waals surface area contributed by atoms with E-state index in [-0.39, 0.29) is 5.91 Å². The summed E-state index contributed by atoms with van der Waals surface area (Å²) in [6.07, 6.45) is 2.66. The minimum absolute atomic E-state index is 0.113. The van der Waals surface area contributed by atoms with Gasteiger partial charge < -0.3 is 0 Å². The summed E-state index contributed by atoms with van der Waals surface area (Å²) < 4.78 is 0. The minimum atomic E-state index is -0.113. The van der Waals surface area contributed by atoms with Gasteiger partial charge >= 0.3 is 0 Å². The van der Waals surface area contributed by atoms with Crippen LogP contribution in [0.5, 0.6) is 0 Å². The van der Waals surface area contributed by atoms with Crippen molar-refractivity contribution in [1.29, 1.82) is 0 Å². The molecule has 0 saturated heterocycles. The average Bonchev–Trinajstić information content (AvgIpc) is 3.34. The van der Waals surface area contributed by atoms with Crippen LogP contribution < -0.4 is 5.32 Å². The third kappa shape index (κ3) is 4.32. The van der Waals surface area contributed by atoms with Crippen molar-refractivity contribution in [1.82, 2.24) is 4.98 Å². The number of aryl methyl sites for hydroxylation is 1.